The van der Waals surface area contributed by atoms with Gasteiger partial charge >= 0.3 is 6.18 Å². The number of halogens is 4. The van der Waals surface area contributed by atoms with Gasteiger partial charge in [-0.1, -0.05) is 23.7 Å². The first-order valence-corrected chi connectivity index (χ1v) is 9.29. The van der Waals surface area contributed by atoms with Gasteiger partial charge in [0.2, 0.25) is 5.91 Å². The number of hydrogen-bond acceptors (Lipinski definition) is 3. The summed E-state index contributed by atoms with van der Waals surface area (Å²) in [6, 6.07) is 10.7. The lowest BCUT2D eigenvalue weighted by Gasteiger charge is -2.34. The first-order chi connectivity index (χ1) is 13.2. The molecule has 2 aromatic carbocycles. The molecule has 3 rings (SSSR count). The second-order valence-corrected chi connectivity index (χ2v) is 7.31. The highest BCUT2D eigenvalue weighted by Gasteiger charge is 2.35. The zero-order valence-corrected chi connectivity index (χ0v) is 16.1. The number of nitrogens with zero attached hydrogens (tertiary/aromatic N) is 2. The van der Waals surface area contributed by atoms with Gasteiger partial charge in [0.15, 0.2) is 0 Å². The molecule has 0 atom stereocenters. The summed E-state index contributed by atoms with van der Waals surface area (Å²) in [7, 11) is 1.98. The monoisotopic (exact) mass is 411 g/mol. The van der Waals surface area contributed by atoms with Gasteiger partial charge in [0.05, 0.1) is 17.7 Å². The highest BCUT2D eigenvalue weighted by Crippen LogP contribution is 2.37. The van der Waals surface area contributed by atoms with Crippen molar-refractivity contribution in [2.45, 2.75) is 12.6 Å². The molecule has 1 fully saturated rings. The highest BCUT2D eigenvalue weighted by atomic mass is 35.5. The molecule has 0 aromatic heterocycles. The van der Waals surface area contributed by atoms with Gasteiger partial charge in [-0.25, -0.2) is 0 Å². The van der Waals surface area contributed by atoms with Crippen LogP contribution in [0.5, 0.6) is 0 Å². The molecule has 0 spiro atoms. The third-order valence-corrected chi connectivity index (χ3v) is 4.98. The molecular weight excluding hydrogens is 391 g/mol. The largest absolute Gasteiger partial charge is 0.418 e. The predicted octanol–water partition coefficient (Wildman–Crippen LogP) is 4.29. The Hall–Kier alpha value is -2.25. The third-order valence-electron chi connectivity index (χ3n) is 4.73. The number of amides is 1. The van der Waals surface area contributed by atoms with Crippen LogP contribution < -0.4 is 10.2 Å². The number of hydrogen-bond donors (Lipinski definition) is 1. The molecule has 150 valence electrons. The van der Waals surface area contributed by atoms with Crippen LogP contribution in [0.4, 0.5) is 24.5 Å². The van der Waals surface area contributed by atoms with Crippen molar-refractivity contribution in [1.29, 1.82) is 0 Å². The molecule has 0 saturated carbocycles. The van der Waals surface area contributed by atoms with E-state index in [2.05, 4.69) is 10.2 Å². The maximum absolute atomic E-state index is 13.6. The van der Waals surface area contributed by atoms with Gasteiger partial charge in [-0.05, 0) is 42.9 Å². The summed E-state index contributed by atoms with van der Waals surface area (Å²) >= 11 is 5.80. The average Bonchev–Trinajstić information content (AvgIpc) is 2.64. The van der Waals surface area contributed by atoms with Gasteiger partial charge < -0.3 is 15.1 Å². The molecule has 1 N–H and O–H groups in total. The van der Waals surface area contributed by atoms with E-state index < -0.39 is 17.6 Å². The van der Waals surface area contributed by atoms with E-state index in [1.54, 1.807) is 30.3 Å². The van der Waals surface area contributed by atoms with Crippen LogP contribution in [-0.4, -0.2) is 44.0 Å². The second-order valence-electron chi connectivity index (χ2n) is 6.87. The minimum atomic E-state index is -4.56. The van der Waals surface area contributed by atoms with Gasteiger partial charge in [0.1, 0.15) is 0 Å². The van der Waals surface area contributed by atoms with Crippen molar-refractivity contribution >= 4 is 28.9 Å². The van der Waals surface area contributed by atoms with Crippen LogP contribution in [0.15, 0.2) is 42.5 Å². The fraction of sp³-hybridized carbons (Fsp3) is 0.350. The number of rotatable bonds is 4. The molecule has 0 bridgehead atoms. The molecule has 8 heteroatoms. The molecule has 1 heterocycles. The summed E-state index contributed by atoms with van der Waals surface area (Å²) < 4.78 is 40.8. The number of piperazine rings is 1. The predicted molar refractivity (Wildman–Crippen MR) is 105 cm³/mol. The smallest absolute Gasteiger partial charge is 0.369 e. The SMILES string of the molecule is CN1CCN(c2ccc(NC(=O)Cc3ccc(Cl)cc3)c(C(F)(F)F)c2)CC1. The molecule has 0 aliphatic carbocycles. The van der Waals surface area contributed by atoms with Gasteiger partial charge in [-0.15, -0.1) is 0 Å². The number of nitrogens with one attached hydrogen (secondary N) is 1. The first kappa shape index (κ1) is 20.5. The van der Waals surface area contributed by atoms with Gasteiger partial charge in [-0.3, -0.25) is 4.79 Å². The van der Waals surface area contributed by atoms with Gasteiger partial charge in [-0.2, -0.15) is 13.2 Å². The molecule has 0 unspecified atom stereocenters. The summed E-state index contributed by atoms with van der Waals surface area (Å²) in [6.07, 6.45) is -4.60. The lowest BCUT2D eigenvalue weighted by atomic mass is 10.1. The number of likely N-dealkylation sites (N-methyl/N-ethyl adjacent to an activating group) is 1. The number of anilines is 2. The normalized spacial score (nSPS) is 15.5. The van der Waals surface area contributed by atoms with Crippen molar-refractivity contribution < 1.29 is 18.0 Å². The summed E-state index contributed by atoms with van der Waals surface area (Å²) in [4.78, 5) is 16.3. The zero-order chi connectivity index (χ0) is 20.3. The maximum atomic E-state index is 13.6. The lowest BCUT2D eigenvalue weighted by molar-refractivity contribution is -0.136. The van der Waals surface area contributed by atoms with Crippen LogP contribution in [0.2, 0.25) is 5.02 Å². The Labute approximate surface area is 166 Å². The molecular formula is C20H21ClF3N3O. The minimum Gasteiger partial charge on any atom is -0.369 e. The minimum absolute atomic E-state index is 0.0331. The van der Waals surface area contributed by atoms with Gasteiger partial charge in [0.25, 0.3) is 0 Å². The standard InChI is InChI=1S/C20H21ClF3N3O/c1-26-8-10-27(11-9-26)16-6-7-18(17(13-16)20(22,23)24)25-19(28)12-14-2-4-15(21)5-3-14/h2-7,13H,8-12H2,1H3,(H,25,28). The zero-order valence-electron chi connectivity index (χ0n) is 15.4. The van der Waals surface area contributed by atoms with Crippen molar-refractivity contribution in [1.82, 2.24) is 4.90 Å². The summed E-state index contributed by atoms with van der Waals surface area (Å²) in [6.45, 7) is 2.91. The van der Waals surface area contributed by atoms with E-state index in [4.69, 9.17) is 11.6 Å². The van der Waals surface area contributed by atoms with Crippen LogP contribution in [-0.2, 0) is 17.4 Å². The lowest BCUT2D eigenvalue weighted by Crippen LogP contribution is -2.44. The second kappa shape index (κ2) is 8.41. The highest BCUT2D eigenvalue weighted by molar-refractivity contribution is 6.30. The van der Waals surface area contributed by atoms with Crippen LogP contribution >= 0.6 is 11.6 Å². The summed E-state index contributed by atoms with van der Waals surface area (Å²) in [5, 5.41) is 2.93. The van der Waals surface area contributed by atoms with E-state index in [9.17, 15) is 18.0 Å². The number of alkyl halides is 3. The van der Waals surface area contributed by atoms with E-state index in [0.717, 1.165) is 19.2 Å². The Morgan fingerprint density at radius 3 is 2.32 bits per heavy atom. The number of carbonyl (C=O) groups is 1. The van der Waals surface area contributed by atoms with Crippen molar-refractivity contribution in [3.05, 3.63) is 58.6 Å². The van der Waals surface area contributed by atoms with E-state index in [1.165, 1.54) is 6.07 Å². The van der Waals surface area contributed by atoms with E-state index in [1.807, 2.05) is 11.9 Å². The Balaban J connectivity index is 1.78. The van der Waals surface area contributed by atoms with Crippen molar-refractivity contribution in [3.8, 4) is 0 Å². The topological polar surface area (TPSA) is 35.6 Å². The molecule has 1 aliphatic rings. The van der Waals surface area contributed by atoms with Crippen LogP contribution in [0, 0.1) is 0 Å². The van der Waals surface area contributed by atoms with Crippen LogP contribution in [0.25, 0.3) is 0 Å². The molecule has 28 heavy (non-hydrogen) atoms. The molecule has 4 nitrogen and oxygen atoms in total. The molecule has 1 amide bonds. The Kier molecular flexibility index (Phi) is 6.15. The van der Waals surface area contributed by atoms with Crippen LogP contribution in [0.1, 0.15) is 11.1 Å². The Morgan fingerprint density at radius 1 is 1.07 bits per heavy atom. The fourth-order valence-corrected chi connectivity index (χ4v) is 3.25. The molecule has 1 saturated heterocycles. The van der Waals surface area contributed by atoms with Crippen molar-refractivity contribution in [3.63, 3.8) is 0 Å². The average molecular weight is 412 g/mol. The Morgan fingerprint density at radius 2 is 1.71 bits per heavy atom. The summed E-state index contributed by atoms with van der Waals surface area (Å²) in [5.74, 6) is -0.514. The maximum Gasteiger partial charge on any atom is 0.418 e. The third kappa shape index (κ3) is 5.17. The molecule has 1 aliphatic heterocycles. The first-order valence-electron chi connectivity index (χ1n) is 8.91. The van der Waals surface area contributed by atoms with Crippen LogP contribution in [0.3, 0.4) is 0 Å². The summed E-state index contributed by atoms with van der Waals surface area (Å²) in [5.41, 5.74) is 0.110. The van der Waals surface area contributed by atoms with Gasteiger partial charge in [0, 0.05) is 36.9 Å². The molecule has 2 aromatic rings. The molecule has 0 radical (unpaired) electrons. The van der Waals surface area contributed by atoms with Crippen molar-refractivity contribution in [2.75, 3.05) is 43.4 Å². The number of benzene rings is 2. The fourth-order valence-electron chi connectivity index (χ4n) is 3.12. The van der Waals surface area contributed by atoms with Crippen molar-refractivity contribution in [2.24, 2.45) is 0 Å². The van der Waals surface area contributed by atoms with E-state index in [-0.39, 0.29) is 12.1 Å². The van der Waals surface area contributed by atoms with E-state index >= 15 is 0 Å². The number of carbonyl (C=O) groups excluding carboxylic acids is 1. The quantitative estimate of drug-likeness (QED) is 0.815. The van der Waals surface area contributed by atoms with E-state index in [0.29, 0.717) is 29.4 Å². The Bertz CT molecular complexity index is 832.